The minimum Gasteiger partial charge on any atom is -0.445 e. The smallest absolute Gasteiger partial charge is 0.410 e. The van der Waals surface area contributed by atoms with Crippen LogP contribution in [0.15, 0.2) is 30.3 Å². The molecule has 2 fully saturated rings. The molecule has 1 saturated heterocycles. The van der Waals surface area contributed by atoms with Crippen LogP contribution in [0.4, 0.5) is 4.79 Å². The van der Waals surface area contributed by atoms with Crippen molar-refractivity contribution >= 4 is 6.09 Å². The lowest BCUT2D eigenvalue weighted by Gasteiger charge is -2.38. The number of benzene rings is 1. The first-order valence-electron chi connectivity index (χ1n) is 7.00. The Hall–Kier alpha value is -1.55. The average molecular weight is 260 g/mol. The summed E-state index contributed by atoms with van der Waals surface area (Å²) in [6.07, 6.45) is 2.44. The third kappa shape index (κ3) is 3.47. The fourth-order valence-electron chi connectivity index (χ4n) is 2.28. The summed E-state index contributed by atoms with van der Waals surface area (Å²) < 4.78 is 5.28. The summed E-state index contributed by atoms with van der Waals surface area (Å²) in [6, 6.07) is 10.5. The molecule has 1 amide bonds. The van der Waals surface area contributed by atoms with E-state index in [2.05, 4.69) is 5.32 Å². The maximum absolute atomic E-state index is 11.8. The Morgan fingerprint density at radius 3 is 2.68 bits per heavy atom. The van der Waals surface area contributed by atoms with E-state index in [1.807, 2.05) is 30.3 Å². The van der Waals surface area contributed by atoms with Gasteiger partial charge in [0.25, 0.3) is 0 Å². The third-order valence-corrected chi connectivity index (χ3v) is 3.69. The molecule has 0 spiro atoms. The van der Waals surface area contributed by atoms with Gasteiger partial charge in [-0.2, -0.15) is 0 Å². The summed E-state index contributed by atoms with van der Waals surface area (Å²) in [7, 11) is 0. The van der Waals surface area contributed by atoms with Gasteiger partial charge in [-0.15, -0.1) is 0 Å². The van der Waals surface area contributed by atoms with Crippen molar-refractivity contribution in [2.45, 2.75) is 25.5 Å². The summed E-state index contributed by atoms with van der Waals surface area (Å²) in [4.78, 5) is 13.6. The average Bonchev–Trinajstić information content (AvgIpc) is 3.20. The van der Waals surface area contributed by atoms with Crippen molar-refractivity contribution < 1.29 is 9.53 Å². The van der Waals surface area contributed by atoms with Crippen molar-refractivity contribution in [2.24, 2.45) is 5.92 Å². The van der Waals surface area contributed by atoms with Crippen molar-refractivity contribution in [3.63, 3.8) is 0 Å². The zero-order chi connectivity index (χ0) is 13.1. The molecule has 0 radical (unpaired) electrons. The second-order valence-electron chi connectivity index (χ2n) is 5.49. The molecule has 1 aromatic rings. The van der Waals surface area contributed by atoms with Gasteiger partial charge in [-0.05, 0) is 18.4 Å². The number of ether oxygens (including phenoxy) is 1. The molecule has 0 atom stereocenters. The molecule has 0 bridgehead atoms. The normalized spacial score (nSPS) is 19.1. The van der Waals surface area contributed by atoms with Crippen LogP contribution in [0.3, 0.4) is 0 Å². The molecular weight excluding hydrogens is 240 g/mol. The van der Waals surface area contributed by atoms with Gasteiger partial charge in [0.15, 0.2) is 0 Å². The Labute approximate surface area is 113 Å². The Morgan fingerprint density at radius 2 is 2.00 bits per heavy atom. The first-order chi connectivity index (χ1) is 9.31. The van der Waals surface area contributed by atoms with Crippen LogP contribution in [-0.4, -0.2) is 36.7 Å². The fourth-order valence-corrected chi connectivity index (χ4v) is 2.28. The van der Waals surface area contributed by atoms with E-state index in [0.29, 0.717) is 12.5 Å². The topological polar surface area (TPSA) is 41.6 Å². The Morgan fingerprint density at radius 1 is 1.26 bits per heavy atom. The molecule has 4 nitrogen and oxygen atoms in total. The number of carbonyl (C=O) groups is 1. The van der Waals surface area contributed by atoms with Crippen molar-refractivity contribution in [2.75, 3.05) is 19.6 Å². The van der Waals surface area contributed by atoms with Crippen molar-refractivity contribution in [1.29, 1.82) is 0 Å². The molecule has 19 heavy (non-hydrogen) atoms. The maximum atomic E-state index is 11.8. The number of nitrogens with one attached hydrogen (secondary N) is 1. The van der Waals surface area contributed by atoms with E-state index in [4.69, 9.17) is 4.74 Å². The maximum Gasteiger partial charge on any atom is 0.410 e. The van der Waals surface area contributed by atoms with Gasteiger partial charge in [0.2, 0.25) is 0 Å². The summed E-state index contributed by atoms with van der Waals surface area (Å²) in [5.41, 5.74) is 1.03. The molecule has 102 valence electrons. The molecule has 1 aromatic carbocycles. The first-order valence-corrected chi connectivity index (χ1v) is 7.00. The van der Waals surface area contributed by atoms with Gasteiger partial charge in [-0.1, -0.05) is 30.3 Å². The lowest BCUT2D eigenvalue weighted by molar-refractivity contribution is 0.0495. The van der Waals surface area contributed by atoms with Crippen molar-refractivity contribution in [3.8, 4) is 0 Å². The minimum absolute atomic E-state index is 0.188. The Bertz CT molecular complexity index is 425. The summed E-state index contributed by atoms with van der Waals surface area (Å²) in [5.74, 6) is 0.602. The Kier molecular flexibility index (Phi) is 3.69. The van der Waals surface area contributed by atoms with E-state index < -0.39 is 0 Å². The summed E-state index contributed by atoms with van der Waals surface area (Å²) in [5, 5.41) is 3.50. The highest BCUT2D eigenvalue weighted by Crippen LogP contribution is 2.21. The van der Waals surface area contributed by atoms with Gasteiger partial charge in [-0.3, -0.25) is 0 Å². The predicted molar refractivity (Wildman–Crippen MR) is 72.7 cm³/mol. The van der Waals surface area contributed by atoms with Gasteiger partial charge in [0.1, 0.15) is 6.61 Å². The number of nitrogens with zero attached hydrogens (tertiary/aromatic N) is 1. The van der Waals surface area contributed by atoms with Crippen LogP contribution in [0.25, 0.3) is 0 Å². The van der Waals surface area contributed by atoms with Gasteiger partial charge in [-0.25, -0.2) is 4.79 Å². The molecule has 2 aliphatic rings. The largest absolute Gasteiger partial charge is 0.445 e. The second kappa shape index (κ2) is 5.61. The van der Waals surface area contributed by atoms with Gasteiger partial charge < -0.3 is 15.0 Å². The zero-order valence-corrected chi connectivity index (χ0v) is 11.0. The Balaban J connectivity index is 1.33. The highest BCUT2D eigenvalue weighted by Gasteiger charge is 2.32. The van der Waals surface area contributed by atoms with Crippen LogP contribution in [0.1, 0.15) is 18.4 Å². The molecule has 1 aliphatic heterocycles. The van der Waals surface area contributed by atoms with Crippen molar-refractivity contribution in [3.05, 3.63) is 35.9 Å². The van der Waals surface area contributed by atoms with Crippen LogP contribution in [-0.2, 0) is 11.3 Å². The first kappa shape index (κ1) is 12.5. The molecule has 1 saturated carbocycles. The van der Waals surface area contributed by atoms with Crippen molar-refractivity contribution in [1.82, 2.24) is 10.2 Å². The van der Waals surface area contributed by atoms with E-state index >= 15 is 0 Å². The van der Waals surface area contributed by atoms with Gasteiger partial charge in [0, 0.05) is 31.6 Å². The molecule has 1 N–H and O–H groups in total. The number of amides is 1. The highest BCUT2D eigenvalue weighted by atomic mass is 16.6. The summed E-state index contributed by atoms with van der Waals surface area (Å²) in [6.45, 7) is 3.05. The number of hydrogen-bond acceptors (Lipinski definition) is 3. The zero-order valence-electron chi connectivity index (χ0n) is 11.0. The van der Waals surface area contributed by atoms with E-state index in [1.165, 1.54) is 12.8 Å². The summed E-state index contributed by atoms with van der Waals surface area (Å²) >= 11 is 0. The number of rotatable bonds is 5. The minimum atomic E-state index is -0.188. The molecule has 1 aliphatic carbocycles. The highest BCUT2D eigenvalue weighted by molar-refractivity contribution is 5.68. The SMILES string of the molecule is O=C(OCc1ccccc1)N1CC(CNC2CC2)C1. The monoisotopic (exact) mass is 260 g/mol. The van der Waals surface area contributed by atoms with Gasteiger partial charge >= 0.3 is 6.09 Å². The van der Waals surface area contributed by atoms with E-state index in [0.717, 1.165) is 31.2 Å². The molecule has 1 heterocycles. The second-order valence-corrected chi connectivity index (χ2v) is 5.49. The van der Waals surface area contributed by atoms with Crippen LogP contribution >= 0.6 is 0 Å². The molecule has 4 heteroatoms. The fraction of sp³-hybridized carbons (Fsp3) is 0.533. The van der Waals surface area contributed by atoms with Crippen LogP contribution < -0.4 is 5.32 Å². The molecule has 0 unspecified atom stereocenters. The number of hydrogen-bond donors (Lipinski definition) is 1. The molecule has 3 rings (SSSR count). The third-order valence-electron chi connectivity index (χ3n) is 3.69. The van der Waals surface area contributed by atoms with Crippen LogP contribution in [0.2, 0.25) is 0 Å². The van der Waals surface area contributed by atoms with Crippen LogP contribution in [0.5, 0.6) is 0 Å². The van der Waals surface area contributed by atoms with E-state index in [-0.39, 0.29) is 6.09 Å². The number of carbonyl (C=O) groups excluding carboxylic acids is 1. The van der Waals surface area contributed by atoms with Gasteiger partial charge in [0.05, 0.1) is 0 Å². The lowest BCUT2D eigenvalue weighted by atomic mass is 10.0. The molecule has 0 aromatic heterocycles. The van der Waals surface area contributed by atoms with E-state index in [1.54, 1.807) is 4.90 Å². The number of likely N-dealkylation sites (tertiary alicyclic amines) is 1. The standard InChI is InChI=1S/C15H20N2O2/c18-15(19-11-12-4-2-1-3-5-12)17-9-13(10-17)8-16-14-6-7-14/h1-5,13-14,16H,6-11H2. The molecular formula is C15H20N2O2. The van der Waals surface area contributed by atoms with Crippen LogP contribution in [0, 0.1) is 5.92 Å². The quantitative estimate of drug-likeness (QED) is 0.880. The van der Waals surface area contributed by atoms with E-state index in [9.17, 15) is 4.79 Å². The lowest BCUT2D eigenvalue weighted by Crippen LogP contribution is -2.53. The predicted octanol–water partition coefficient (Wildman–Crippen LogP) is 2.01.